The molecule has 5 nitrogen and oxygen atoms in total. The van der Waals surface area contributed by atoms with Crippen molar-refractivity contribution in [3.63, 3.8) is 0 Å². The first-order valence-electron chi connectivity index (χ1n) is 7.60. The number of rotatable bonds is 4. The Morgan fingerprint density at radius 2 is 1.81 bits per heavy atom. The highest BCUT2D eigenvalue weighted by Gasteiger charge is 2.32. The summed E-state index contributed by atoms with van der Waals surface area (Å²) >= 11 is 0. The zero-order valence-corrected chi connectivity index (χ0v) is 13.6. The first-order valence-corrected chi connectivity index (χ1v) is 7.60. The Kier molecular flexibility index (Phi) is 4.66. The lowest BCUT2D eigenvalue weighted by molar-refractivity contribution is -0.274. The Morgan fingerprint density at radius 3 is 2.54 bits per heavy atom. The second-order valence-electron chi connectivity index (χ2n) is 5.46. The van der Waals surface area contributed by atoms with Crippen molar-refractivity contribution in [3.8, 4) is 11.4 Å². The van der Waals surface area contributed by atoms with Crippen LogP contribution in [-0.4, -0.2) is 22.1 Å². The standard InChI is InChI=1S/C18H14F3N3O2/c1-12-6-2-4-8-15(12)24-11-13(10-22-24)17(25)23-14-7-3-5-9-16(14)26-18(19,20)21/h2-11H,1H3,(H,23,25). The van der Waals surface area contributed by atoms with E-state index >= 15 is 0 Å². The number of anilines is 1. The smallest absolute Gasteiger partial charge is 0.404 e. The molecule has 3 aromatic rings. The van der Waals surface area contributed by atoms with E-state index in [2.05, 4.69) is 15.2 Å². The van der Waals surface area contributed by atoms with Gasteiger partial charge in [0.15, 0.2) is 5.75 Å². The lowest BCUT2D eigenvalue weighted by Crippen LogP contribution is -2.19. The van der Waals surface area contributed by atoms with Crippen LogP contribution in [0.2, 0.25) is 0 Å². The molecule has 0 bridgehead atoms. The zero-order chi connectivity index (χ0) is 18.7. The van der Waals surface area contributed by atoms with Gasteiger partial charge in [0, 0.05) is 6.20 Å². The Labute approximate surface area is 147 Å². The average Bonchev–Trinajstić information content (AvgIpc) is 3.06. The molecule has 0 aliphatic carbocycles. The van der Waals surface area contributed by atoms with E-state index in [1.165, 1.54) is 35.3 Å². The molecule has 0 atom stereocenters. The maximum Gasteiger partial charge on any atom is 0.573 e. The van der Waals surface area contributed by atoms with E-state index in [1.807, 2.05) is 31.2 Å². The number of hydrogen-bond donors (Lipinski definition) is 1. The molecule has 134 valence electrons. The highest BCUT2D eigenvalue weighted by molar-refractivity contribution is 6.04. The van der Waals surface area contributed by atoms with Crippen molar-refractivity contribution in [3.05, 3.63) is 72.1 Å². The van der Waals surface area contributed by atoms with E-state index in [4.69, 9.17) is 0 Å². The number of nitrogens with one attached hydrogen (secondary N) is 1. The molecule has 1 N–H and O–H groups in total. The zero-order valence-electron chi connectivity index (χ0n) is 13.6. The van der Waals surface area contributed by atoms with E-state index in [-0.39, 0.29) is 11.3 Å². The predicted octanol–water partition coefficient (Wildman–Crippen LogP) is 4.33. The van der Waals surface area contributed by atoms with Crippen LogP contribution in [0.25, 0.3) is 5.69 Å². The molecule has 1 aromatic heterocycles. The molecular formula is C18H14F3N3O2. The van der Waals surface area contributed by atoms with Gasteiger partial charge < -0.3 is 10.1 Å². The molecule has 0 unspecified atom stereocenters. The number of nitrogens with zero attached hydrogens (tertiary/aromatic N) is 2. The van der Waals surface area contributed by atoms with Gasteiger partial charge in [0.05, 0.1) is 23.1 Å². The van der Waals surface area contributed by atoms with Crippen LogP contribution in [0.4, 0.5) is 18.9 Å². The summed E-state index contributed by atoms with van der Waals surface area (Å²) in [5.41, 5.74) is 1.88. The van der Waals surface area contributed by atoms with Crippen molar-refractivity contribution in [2.45, 2.75) is 13.3 Å². The van der Waals surface area contributed by atoms with Gasteiger partial charge in [0.25, 0.3) is 5.91 Å². The van der Waals surface area contributed by atoms with Crippen molar-refractivity contribution in [1.29, 1.82) is 0 Å². The minimum atomic E-state index is -4.85. The summed E-state index contributed by atoms with van der Waals surface area (Å²) in [7, 11) is 0. The van der Waals surface area contributed by atoms with Crippen LogP contribution in [0.1, 0.15) is 15.9 Å². The second-order valence-corrected chi connectivity index (χ2v) is 5.46. The molecule has 0 aliphatic rings. The molecular weight excluding hydrogens is 347 g/mol. The molecule has 1 amide bonds. The predicted molar refractivity (Wildman–Crippen MR) is 89.4 cm³/mol. The monoisotopic (exact) mass is 361 g/mol. The van der Waals surface area contributed by atoms with Gasteiger partial charge in [0.1, 0.15) is 0 Å². The van der Waals surface area contributed by atoms with Gasteiger partial charge in [-0.3, -0.25) is 4.79 Å². The molecule has 0 fully saturated rings. The third-order valence-electron chi connectivity index (χ3n) is 3.57. The summed E-state index contributed by atoms with van der Waals surface area (Å²) in [4.78, 5) is 12.4. The maximum absolute atomic E-state index is 12.5. The first kappa shape index (κ1) is 17.5. The van der Waals surface area contributed by atoms with Crippen molar-refractivity contribution < 1.29 is 22.7 Å². The number of aromatic nitrogens is 2. The molecule has 0 spiro atoms. The number of benzene rings is 2. The Balaban J connectivity index is 1.81. The minimum Gasteiger partial charge on any atom is -0.404 e. The summed E-state index contributed by atoms with van der Waals surface area (Å²) in [6, 6.07) is 12.8. The number of amides is 1. The van der Waals surface area contributed by atoms with E-state index < -0.39 is 18.0 Å². The van der Waals surface area contributed by atoms with Gasteiger partial charge in [-0.25, -0.2) is 4.68 Å². The van der Waals surface area contributed by atoms with E-state index in [1.54, 1.807) is 0 Å². The number of ether oxygens (including phenoxy) is 1. The van der Waals surface area contributed by atoms with Crippen LogP contribution >= 0.6 is 0 Å². The van der Waals surface area contributed by atoms with Crippen LogP contribution in [0.3, 0.4) is 0 Å². The molecule has 2 aromatic carbocycles. The van der Waals surface area contributed by atoms with Gasteiger partial charge >= 0.3 is 6.36 Å². The van der Waals surface area contributed by atoms with Crippen molar-refractivity contribution in [2.24, 2.45) is 0 Å². The second kappa shape index (κ2) is 6.91. The van der Waals surface area contributed by atoms with Gasteiger partial charge in [0.2, 0.25) is 0 Å². The Hall–Kier alpha value is -3.29. The highest BCUT2D eigenvalue weighted by atomic mass is 19.4. The van der Waals surface area contributed by atoms with E-state index in [0.717, 1.165) is 17.3 Å². The molecule has 0 aliphatic heterocycles. The third kappa shape index (κ3) is 4.02. The fourth-order valence-corrected chi connectivity index (χ4v) is 2.37. The van der Waals surface area contributed by atoms with Crippen LogP contribution in [0.15, 0.2) is 60.9 Å². The van der Waals surface area contributed by atoms with Crippen LogP contribution < -0.4 is 10.1 Å². The van der Waals surface area contributed by atoms with E-state index in [9.17, 15) is 18.0 Å². The maximum atomic E-state index is 12.5. The van der Waals surface area contributed by atoms with Gasteiger partial charge in [-0.1, -0.05) is 30.3 Å². The third-order valence-corrected chi connectivity index (χ3v) is 3.57. The van der Waals surface area contributed by atoms with Crippen LogP contribution in [0, 0.1) is 6.92 Å². The minimum absolute atomic E-state index is 0.0848. The Bertz CT molecular complexity index is 935. The summed E-state index contributed by atoms with van der Waals surface area (Å²) in [6.07, 6.45) is -2.00. The summed E-state index contributed by atoms with van der Waals surface area (Å²) in [5, 5.41) is 6.55. The SMILES string of the molecule is Cc1ccccc1-n1cc(C(=O)Nc2ccccc2OC(F)(F)F)cn1. The molecule has 0 radical (unpaired) electrons. The molecule has 0 saturated heterocycles. The van der Waals surface area contributed by atoms with Gasteiger partial charge in [-0.05, 0) is 30.7 Å². The Morgan fingerprint density at radius 1 is 1.12 bits per heavy atom. The summed E-state index contributed by atoms with van der Waals surface area (Å²) in [6.45, 7) is 1.90. The number of aryl methyl sites for hydroxylation is 1. The molecule has 8 heteroatoms. The number of alkyl halides is 3. The highest BCUT2D eigenvalue weighted by Crippen LogP contribution is 2.30. The number of carbonyl (C=O) groups excluding carboxylic acids is 1. The lowest BCUT2D eigenvalue weighted by Gasteiger charge is -2.13. The summed E-state index contributed by atoms with van der Waals surface area (Å²) in [5.74, 6) is -1.08. The fourth-order valence-electron chi connectivity index (χ4n) is 2.37. The van der Waals surface area contributed by atoms with Crippen molar-refractivity contribution in [2.75, 3.05) is 5.32 Å². The molecule has 26 heavy (non-hydrogen) atoms. The molecule has 3 rings (SSSR count). The van der Waals surface area contributed by atoms with E-state index in [0.29, 0.717) is 0 Å². The number of hydrogen-bond acceptors (Lipinski definition) is 3. The van der Waals surface area contributed by atoms with Crippen molar-refractivity contribution >= 4 is 11.6 Å². The largest absolute Gasteiger partial charge is 0.573 e. The van der Waals surface area contributed by atoms with Crippen LogP contribution in [0.5, 0.6) is 5.75 Å². The van der Waals surface area contributed by atoms with Crippen LogP contribution in [-0.2, 0) is 0 Å². The molecule has 1 heterocycles. The fraction of sp³-hybridized carbons (Fsp3) is 0.111. The topological polar surface area (TPSA) is 56.2 Å². The number of halogens is 3. The van der Waals surface area contributed by atoms with Crippen molar-refractivity contribution in [1.82, 2.24) is 9.78 Å². The first-order chi connectivity index (χ1) is 12.3. The molecule has 0 saturated carbocycles. The number of para-hydroxylation sites is 3. The number of carbonyl (C=O) groups is 1. The van der Waals surface area contributed by atoms with Gasteiger partial charge in [-0.15, -0.1) is 13.2 Å². The summed E-state index contributed by atoms with van der Waals surface area (Å²) < 4.78 is 42.8. The normalized spacial score (nSPS) is 11.2. The average molecular weight is 361 g/mol. The quantitative estimate of drug-likeness (QED) is 0.752. The lowest BCUT2D eigenvalue weighted by atomic mass is 10.2. The van der Waals surface area contributed by atoms with Gasteiger partial charge in [-0.2, -0.15) is 5.10 Å².